The fourth-order valence-electron chi connectivity index (χ4n) is 3.35. The fraction of sp³-hybridized carbons (Fsp3) is 0.474. The van der Waals surface area contributed by atoms with Crippen molar-refractivity contribution in [3.05, 3.63) is 51.2 Å². The largest absolute Gasteiger partial charge is 0.356 e. The molecule has 0 atom stereocenters. The Labute approximate surface area is 152 Å². The topological polar surface area (TPSA) is 49.3 Å². The number of aryl methyl sites for hydroxylation is 2. The zero-order valence-corrected chi connectivity index (χ0v) is 15.8. The molecule has 2 N–H and O–H groups in total. The number of rotatable bonds is 5. The van der Waals surface area contributed by atoms with Gasteiger partial charge in [0.05, 0.1) is 17.2 Å². The monoisotopic (exact) mass is 360 g/mol. The summed E-state index contributed by atoms with van der Waals surface area (Å²) in [7, 11) is 1.78. The summed E-state index contributed by atoms with van der Waals surface area (Å²) in [6.45, 7) is 5.59. The molecule has 2 aromatic rings. The fourth-order valence-corrected chi connectivity index (χ4v) is 4.23. The van der Waals surface area contributed by atoms with Crippen LogP contribution in [-0.4, -0.2) is 24.5 Å². The lowest BCUT2D eigenvalue weighted by molar-refractivity contribution is 0.243. The molecular weight excluding hydrogens is 335 g/mol. The number of nitrogens with zero attached hydrogens (tertiary/aromatic N) is 2. The molecule has 1 fully saturated rings. The van der Waals surface area contributed by atoms with Gasteiger partial charge in [0, 0.05) is 23.9 Å². The number of benzene rings is 1. The van der Waals surface area contributed by atoms with E-state index in [0.29, 0.717) is 0 Å². The Hall–Kier alpha value is -1.95. The molecule has 1 aliphatic carbocycles. The molecule has 25 heavy (non-hydrogen) atoms. The third kappa shape index (κ3) is 4.00. The van der Waals surface area contributed by atoms with Gasteiger partial charge in [-0.3, -0.25) is 4.99 Å². The van der Waals surface area contributed by atoms with Gasteiger partial charge in [-0.1, -0.05) is 18.6 Å². The van der Waals surface area contributed by atoms with Gasteiger partial charge in [-0.2, -0.15) is 0 Å². The predicted octanol–water partition coefficient (Wildman–Crippen LogP) is 3.69. The Bertz CT molecular complexity index is 747. The smallest absolute Gasteiger partial charge is 0.191 e. The Morgan fingerprint density at radius 3 is 2.48 bits per heavy atom. The number of aromatic nitrogens is 1. The summed E-state index contributed by atoms with van der Waals surface area (Å²) in [6.07, 6.45) is 3.45. The Morgan fingerprint density at radius 1 is 1.24 bits per heavy atom. The maximum atomic E-state index is 13.2. The molecule has 0 saturated heterocycles. The highest BCUT2D eigenvalue weighted by Crippen LogP contribution is 2.43. The van der Waals surface area contributed by atoms with Gasteiger partial charge >= 0.3 is 0 Å². The van der Waals surface area contributed by atoms with Crippen LogP contribution in [0.2, 0.25) is 0 Å². The molecule has 0 spiro atoms. The van der Waals surface area contributed by atoms with E-state index in [2.05, 4.69) is 20.6 Å². The van der Waals surface area contributed by atoms with E-state index in [1.165, 1.54) is 16.9 Å². The van der Waals surface area contributed by atoms with Crippen molar-refractivity contribution < 1.29 is 4.39 Å². The highest BCUT2D eigenvalue weighted by Gasteiger charge is 2.38. The van der Waals surface area contributed by atoms with Crippen molar-refractivity contribution in [1.82, 2.24) is 15.6 Å². The van der Waals surface area contributed by atoms with E-state index in [9.17, 15) is 4.39 Å². The van der Waals surface area contributed by atoms with Crippen molar-refractivity contribution in [2.45, 2.75) is 45.1 Å². The first-order valence-corrected chi connectivity index (χ1v) is 9.47. The zero-order chi connectivity index (χ0) is 17.9. The molecule has 1 heterocycles. The van der Waals surface area contributed by atoms with Crippen LogP contribution in [0.25, 0.3) is 0 Å². The number of nitrogens with one attached hydrogen (secondary N) is 2. The summed E-state index contributed by atoms with van der Waals surface area (Å²) in [5.74, 6) is 0.609. The summed E-state index contributed by atoms with van der Waals surface area (Å²) in [6, 6.07) is 6.93. The van der Waals surface area contributed by atoms with Gasteiger partial charge in [-0.25, -0.2) is 9.37 Å². The maximum Gasteiger partial charge on any atom is 0.191 e. The minimum atomic E-state index is -0.182. The normalized spacial score (nSPS) is 16.4. The van der Waals surface area contributed by atoms with Gasteiger partial charge in [-0.15, -0.1) is 11.3 Å². The minimum Gasteiger partial charge on any atom is -0.356 e. The first kappa shape index (κ1) is 17.9. The van der Waals surface area contributed by atoms with Crippen LogP contribution in [-0.2, 0) is 12.0 Å². The van der Waals surface area contributed by atoms with Gasteiger partial charge < -0.3 is 10.6 Å². The van der Waals surface area contributed by atoms with Crippen LogP contribution in [0.1, 0.15) is 40.4 Å². The molecule has 0 amide bonds. The lowest BCUT2D eigenvalue weighted by atomic mass is 9.64. The van der Waals surface area contributed by atoms with E-state index in [4.69, 9.17) is 0 Å². The second-order valence-corrected chi connectivity index (χ2v) is 7.95. The van der Waals surface area contributed by atoms with Gasteiger partial charge in [0.2, 0.25) is 0 Å². The molecule has 1 saturated carbocycles. The molecule has 0 unspecified atom stereocenters. The lowest BCUT2D eigenvalue weighted by Gasteiger charge is -2.43. The molecule has 134 valence electrons. The van der Waals surface area contributed by atoms with E-state index >= 15 is 0 Å². The molecule has 3 rings (SSSR count). The standard InChI is InChI=1S/C19H25FN4S/c1-13-17(25-14(2)24-13)11-22-18(21-3)23-12-19(9-4-10-19)15-5-7-16(20)8-6-15/h5-8H,4,9-12H2,1-3H3,(H2,21,22,23). The highest BCUT2D eigenvalue weighted by molar-refractivity contribution is 7.11. The molecule has 1 aromatic carbocycles. The Balaban J connectivity index is 1.60. The van der Waals surface area contributed by atoms with Gasteiger partial charge in [0.15, 0.2) is 5.96 Å². The minimum absolute atomic E-state index is 0.0856. The number of aliphatic imine (C=N–C) groups is 1. The van der Waals surface area contributed by atoms with Crippen molar-refractivity contribution >= 4 is 17.3 Å². The summed E-state index contributed by atoms with van der Waals surface area (Å²) in [4.78, 5) is 10.0. The molecule has 1 aliphatic rings. The summed E-state index contributed by atoms with van der Waals surface area (Å²) in [5.41, 5.74) is 2.37. The average molecular weight is 361 g/mol. The van der Waals surface area contributed by atoms with E-state index in [-0.39, 0.29) is 11.2 Å². The number of thiazole rings is 1. The second-order valence-electron chi connectivity index (χ2n) is 6.66. The SMILES string of the molecule is CN=C(NCc1sc(C)nc1C)NCC1(c2ccc(F)cc2)CCC1. The summed E-state index contributed by atoms with van der Waals surface area (Å²) < 4.78 is 13.2. The lowest BCUT2D eigenvalue weighted by Crippen LogP contribution is -2.48. The highest BCUT2D eigenvalue weighted by atomic mass is 32.1. The zero-order valence-electron chi connectivity index (χ0n) is 15.0. The molecule has 6 heteroatoms. The van der Waals surface area contributed by atoms with Crippen LogP contribution < -0.4 is 10.6 Å². The molecular formula is C19H25FN4S. The van der Waals surface area contributed by atoms with Crippen LogP contribution in [0, 0.1) is 19.7 Å². The van der Waals surface area contributed by atoms with E-state index in [1.54, 1.807) is 30.5 Å². The van der Waals surface area contributed by atoms with Gasteiger partial charge in [0.1, 0.15) is 5.82 Å². The van der Waals surface area contributed by atoms with Crippen LogP contribution in [0.3, 0.4) is 0 Å². The number of hydrogen-bond donors (Lipinski definition) is 2. The van der Waals surface area contributed by atoms with Crippen LogP contribution in [0.4, 0.5) is 4.39 Å². The van der Waals surface area contributed by atoms with E-state index < -0.39 is 0 Å². The number of halogens is 1. The first-order valence-electron chi connectivity index (χ1n) is 8.66. The third-order valence-electron chi connectivity index (χ3n) is 5.00. The van der Waals surface area contributed by atoms with Crippen molar-refractivity contribution in [3.63, 3.8) is 0 Å². The summed E-state index contributed by atoms with van der Waals surface area (Å²) >= 11 is 1.71. The van der Waals surface area contributed by atoms with Crippen LogP contribution in [0.15, 0.2) is 29.3 Å². The molecule has 0 bridgehead atoms. The van der Waals surface area contributed by atoms with Gasteiger partial charge in [-0.05, 0) is 44.4 Å². The van der Waals surface area contributed by atoms with Crippen LogP contribution in [0.5, 0.6) is 0 Å². The average Bonchev–Trinajstić information content (AvgIpc) is 2.88. The molecule has 4 nitrogen and oxygen atoms in total. The predicted molar refractivity (Wildman–Crippen MR) is 102 cm³/mol. The maximum absolute atomic E-state index is 13.2. The first-order chi connectivity index (χ1) is 12.0. The van der Waals surface area contributed by atoms with Crippen molar-refractivity contribution in [1.29, 1.82) is 0 Å². The van der Waals surface area contributed by atoms with E-state index in [1.807, 2.05) is 26.0 Å². The van der Waals surface area contributed by atoms with Crippen LogP contribution >= 0.6 is 11.3 Å². The number of hydrogen-bond acceptors (Lipinski definition) is 3. The van der Waals surface area contributed by atoms with Crippen molar-refractivity contribution in [3.8, 4) is 0 Å². The van der Waals surface area contributed by atoms with Crippen molar-refractivity contribution in [2.24, 2.45) is 4.99 Å². The molecule has 0 aliphatic heterocycles. The Kier molecular flexibility index (Phi) is 5.37. The second kappa shape index (κ2) is 7.52. The third-order valence-corrected chi connectivity index (χ3v) is 6.07. The quantitative estimate of drug-likeness (QED) is 0.632. The Morgan fingerprint density at radius 2 is 1.96 bits per heavy atom. The molecule has 1 aromatic heterocycles. The van der Waals surface area contributed by atoms with Crippen molar-refractivity contribution in [2.75, 3.05) is 13.6 Å². The van der Waals surface area contributed by atoms with Gasteiger partial charge in [0.25, 0.3) is 0 Å². The number of guanidine groups is 1. The summed E-state index contributed by atoms with van der Waals surface area (Å²) in [5, 5.41) is 7.91. The van der Waals surface area contributed by atoms with E-state index in [0.717, 1.165) is 42.6 Å². The molecule has 0 radical (unpaired) electrons.